The van der Waals surface area contributed by atoms with Crippen LogP contribution in [0.25, 0.3) is 11.1 Å². The number of allylic oxidation sites excluding steroid dienone is 1. The number of hydrogen-bond acceptors (Lipinski definition) is 0. The van der Waals surface area contributed by atoms with E-state index >= 15 is 0 Å². The molecule has 3 heteroatoms. The van der Waals surface area contributed by atoms with E-state index in [1.54, 1.807) is 12.1 Å². The van der Waals surface area contributed by atoms with Gasteiger partial charge in [-0.3, -0.25) is 0 Å². The quantitative estimate of drug-likeness (QED) is 0.539. The Kier molecular flexibility index (Phi) is 5.95. The molecule has 0 bridgehead atoms. The largest absolute Gasteiger partial charge is 0.216 e. The Morgan fingerprint density at radius 3 is 2.16 bits per heavy atom. The van der Waals surface area contributed by atoms with E-state index in [1.165, 1.54) is 24.5 Å². The third kappa shape index (κ3) is 4.53. The van der Waals surface area contributed by atoms with E-state index in [0.29, 0.717) is 23.7 Å². The fourth-order valence-electron chi connectivity index (χ4n) is 3.80. The van der Waals surface area contributed by atoms with Gasteiger partial charge in [0.25, 0.3) is 0 Å². The Morgan fingerprint density at radius 2 is 1.52 bits per heavy atom. The summed E-state index contributed by atoms with van der Waals surface area (Å²) >= 11 is 0. The van der Waals surface area contributed by atoms with Crippen molar-refractivity contribution in [2.24, 2.45) is 5.92 Å². The van der Waals surface area contributed by atoms with Crippen molar-refractivity contribution >= 4 is 0 Å². The zero-order valence-electron chi connectivity index (χ0n) is 14.2. The summed E-state index contributed by atoms with van der Waals surface area (Å²) in [5.41, 5.74) is 2.90. The Bertz CT molecular complexity index is 711. The molecule has 25 heavy (non-hydrogen) atoms. The summed E-state index contributed by atoms with van der Waals surface area (Å²) < 4.78 is 38.4. The van der Waals surface area contributed by atoms with Crippen molar-refractivity contribution in [3.63, 3.8) is 0 Å². The number of hydrogen-bond donors (Lipinski definition) is 0. The number of halogens is 3. The molecule has 0 atom stereocenters. The number of rotatable bonds is 5. The fourth-order valence-corrected chi connectivity index (χ4v) is 3.80. The van der Waals surface area contributed by atoms with Gasteiger partial charge in [-0.2, -0.15) is 0 Å². The first-order valence-corrected chi connectivity index (χ1v) is 8.98. The van der Waals surface area contributed by atoms with E-state index < -0.39 is 11.6 Å². The second-order valence-corrected chi connectivity index (χ2v) is 6.91. The van der Waals surface area contributed by atoms with Gasteiger partial charge in [-0.1, -0.05) is 36.4 Å². The van der Waals surface area contributed by atoms with Crippen LogP contribution in [0.2, 0.25) is 0 Å². The Morgan fingerprint density at radius 1 is 0.840 bits per heavy atom. The van der Waals surface area contributed by atoms with Crippen LogP contribution in [0.1, 0.15) is 50.0 Å². The zero-order chi connectivity index (χ0) is 17.6. The van der Waals surface area contributed by atoms with Gasteiger partial charge in [0.2, 0.25) is 0 Å². The van der Waals surface area contributed by atoms with Crippen LogP contribution in [0.3, 0.4) is 0 Å². The van der Waals surface area contributed by atoms with E-state index in [1.807, 2.05) is 12.1 Å². The first-order valence-electron chi connectivity index (χ1n) is 8.98. The third-order valence-corrected chi connectivity index (χ3v) is 5.31. The van der Waals surface area contributed by atoms with Gasteiger partial charge in [0.15, 0.2) is 11.6 Å². The van der Waals surface area contributed by atoms with Gasteiger partial charge < -0.3 is 0 Å². The molecule has 0 spiro atoms. The monoisotopic (exact) mass is 344 g/mol. The van der Waals surface area contributed by atoms with Crippen molar-refractivity contribution in [1.29, 1.82) is 0 Å². The molecular weight excluding hydrogens is 321 g/mol. The molecule has 0 radical (unpaired) electrons. The first kappa shape index (κ1) is 17.8. The van der Waals surface area contributed by atoms with Gasteiger partial charge in [-0.15, -0.1) is 0 Å². The van der Waals surface area contributed by atoms with E-state index in [2.05, 4.69) is 12.1 Å². The Labute approximate surface area is 147 Å². The van der Waals surface area contributed by atoms with Crippen molar-refractivity contribution < 1.29 is 13.2 Å². The molecule has 0 nitrogen and oxygen atoms in total. The summed E-state index contributed by atoms with van der Waals surface area (Å²) in [6.45, 7) is 0. The molecule has 0 unspecified atom stereocenters. The second-order valence-electron chi connectivity index (χ2n) is 6.91. The summed E-state index contributed by atoms with van der Waals surface area (Å²) in [6.07, 6.45) is 8.84. The van der Waals surface area contributed by atoms with Crippen molar-refractivity contribution in [2.75, 3.05) is 0 Å². The molecule has 1 saturated carbocycles. The van der Waals surface area contributed by atoms with Crippen molar-refractivity contribution in [2.45, 2.75) is 44.4 Å². The molecule has 3 rings (SSSR count). The molecule has 0 aliphatic heterocycles. The third-order valence-electron chi connectivity index (χ3n) is 5.31. The lowest BCUT2D eigenvalue weighted by Crippen LogP contribution is -2.13. The standard InChI is InChI=1S/C22H23F3/c23-14-2-1-3-16-4-6-17(7-5-16)18-8-10-19(11-9-18)20-12-13-21(24)22(25)15-20/h2,8-17H,1,3-7H2/t16-,17-. The lowest BCUT2D eigenvalue weighted by atomic mass is 9.77. The van der Waals surface area contributed by atoms with Gasteiger partial charge in [0.05, 0.1) is 6.33 Å². The Hall–Kier alpha value is -2.03. The van der Waals surface area contributed by atoms with Gasteiger partial charge >= 0.3 is 0 Å². The molecule has 0 saturated heterocycles. The van der Waals surface area contributed by atoms with Crippen LogP contribution < -0.4 is 0 Å². The summed E-state index contributed by atoms with van der Waals surface area (Å²) in [4.78, 5) is 0. The zero-order valence-corrected chi connectivity index (χ0v) is 14.2. The SMILES string of the molecule is FC=CCC[C@H]1CC[C@H](c2ccc(-c3ccc(F)c(F)c3)cc2)CC1. The maximum atomic E-state index is 13.4. The van der Waals surface area contributed by atoms with Crippen molar-refractivity contribution in [3.05, 3.63) is 72.1 Å². The van der Waals surface area contributed by atoms with E-state index in [4.69, 9.17) is 0 Å². The van der Waals surface area contributed by atoms with Gasteiger partial charge in [-0.25, -0.2) is 13.2 Å². The molecule has 132 valence electrons. The molecule has 0 amide bonds. The van der Waals surface area contributed by atoms with Gasteiger partial charge in [-0.05, 0) is 79.2 Å². The molecule has 0 aromatic heterocycles. The average Bonchev–Trinajstić information content (AvgIpc) is 2.65. The van der Waals surface area contributed by atoms with Crippen LogP contribution in [0.5, 0.6) is 0 Å². The summed E-state index contributed by atoms with van der Waals surface area (Å²) in [6, 6.07) is 12.2. The molecule has 2 aromatic rings. The first-order chi connectivity index (χ1) is 12.2. The summed E-state index contributed by atoms with van der Waals surface area (Å²) in [5, 5.41) is 0. The van der Waals surface area contributed by atoms with Crippen LogP contribution in [0, 0.1) is 17.6 Å². The molecule has 1 fully saturated rings. The van der Waals surface area contributed by atoms with E-state index in [0.717, 1.165) is 37.3 Å². The highest BCUT2D eigenvalue weighted by molar-refractivity contribution is 5.63. The summed E-state index contributed by atoms with van der Waals surface area (Å²) in [5.74, 6) is -0.373. The van der Waals surface area contributed by atoms with Crippen LogP contribution in [0.15, 0.2) is 54.9 Å². The predicted molar refractivity (Wildman–Crippen MR) is 96.0 cm³/mol. The minimum absolute atomic E-state index is 0.562. The van der Waals surface area contributed by atoms with Crippen LogP contribution in [0.4, 0.5) is 13.2 Å². The molecule has 1 aliphatic carbocycles. The lowest BCUT2D eigenvalue weighted by Gasteiger charge is -2.28. The summed E-state index contributed by atoms with van der Waals surface area (Å²) in [7, 11) is 0. The van der Waals surface area contributed by atoms with Crippen molar-refractivity contribution in [1.82, 2.24) is 0 Å². The average molecular weight is 344 g/mol. The smallest absolute Gasteiger partial charge is 0.159 e. The lowest BCUT2D eigenvalue weighted by molar-refractivity contribution is 0.311. The molecule has 2 aromatic carbocycles. The predicted octanol–water partition coefficient (Wildman–Crippen LogP) is 7.17. The highest BCUT2D eigenvalue weighted by atomic mass is 19.2. The van der Waals surface area contributed by atoms with Crippen molar-refractivity contribution in [3.8, 4) is 11.1 Å². The van der Waals surface area contributed by atoms with E-state index in [-0.39, 0.29) is 0 Å². The Balaban J connectivity index is 1.60. The maximum absolute atomic E-state index is 13.4. The minimum atomic E-state index is -0.820. The molecule has 0 N–H and O–H groups in total. The van der Waals surface area contributed by atoms with Crippen LogP contribution >= 0.6 is 0 Å². The second kappa shape index (κ2) is 8.37. The molecule has 0 heterocycles. The van der Waals surface area contributed by atoms with E-state index in [9.17, 15) is 13.2 Å². The minimum Gasteiger partial charge on any atom is -0.216 e. The topological polar surface area (TPSA) is 0 Å². The number of benzene rings is 2. The maximum Gasteiger partial charge on any atom is 0.159 e. The highest BCUT2D eigenvalue weighted by Gasteiger charge is 2.21. The molecular formula is C22H23F3. The molecule has 1 aliphatic rings. The van der Waals surface area contributed by atoms with Gasteiger partial charge in [0, 0.05) is 0 Å². The normalized spacial score (nSPS) is 20.9. The highest BCUT2D eigenvalue weighted by Crippen LogP contribution is 2.38. The van der Waals surface area contributed by atoms with Crippen LogP contribution in [-0.4, -0.2) is 0 Å². The van der Waals surface area contributed by atoms with Crippen LogP contribution in [-0.2, 0) is 0 Å². The fraction of sp³-hybridized carbons (Fsp3) is 0.364. The van der Waals surface area contributed by atoms with Gasteiger partial charge in [0.1, 0.15) is 0 Å².